The number of cyclic esters (lactones) is 1. The van der Waals surface area contributed by atoms with Crippen molar-refractivity contribution in [3.63, 3.8) is 0 Å². The Labute approximate surface area is 113 Å². The molecule has 2 aliphatic rings. The van der Waals surface area contributed by atoms with Crippen molar-refractivity contribution >= 4 is 12.3 Å². The van der Waals surface area contributed by atoms with Gasteiger partial charge in [-0.15, -0.1) is 0 Å². The summed E-state index contributed by atoms with van der Waals surface area (Å²) in [5.74, 6) is -0.146. The van der Waals surface area contributed by atoms with Crippen LogP contribution in [0.4, 0.5) is 0 Å². The molecular formula is C15H20O4. The monoisotopic (exact) mass is 264 g/mol. The van der Waals surface area contributed by atoms with Gasteiger partial charge in [-0.2, -0.15) is 0 Å². The highest BCUT2D eigenvalue weighted by Gasteiger charge is 2.41. The van der Waals surface area contributed by atoms with E-state index in [1.54, 1.807) is 6.92 Å². The molecule has 0 saturated heterocycles. The maximum absolute atomic E-state index is 11.4. The lowest BCUT2D eigenvalue weighted by molar-refractivity contribution is -0.152. The van der Waals surface area contributed by atoms with Gasteiger partial charge in [0.25, 0.3) is 0 Å². The van der Waals surface area contributed by atoms with Crippen LogP contribution in [0.15, 0.2) is 22.8 Å². The highest BCUT2D eigenvalue weighted by atomic mass is 16.6. The van der Waals surface area contributed by atoms with Crippen molar-refractivity contribution in [3.8, 4) is 0 Å². The maximum Gasteiger partial charge on any atom is 0.336 e. The lowest BCUT2D eigenvalue weighted by atomic mass is 9.64. The lowest BCUT2D eigenvalue weighted by Gasteiger charge is -2.40. The molecule has 0 radical (unpaired) electrons. The fourth-order valence-corrected chi connectivity index (χ4v) is 2.98. The molecule has 1 aliphatic carbocycles. The minimum Gasteiger partial charge on any atom is -0.428 e. The summed E-state index contributed by atoms with van der Waals surface area (Å²) < 4.78 is 4.81. The summed E-state index contributed by atoms with van der Waals surface area (Å²) in [5, 5.41) is 9.81. The molecule has 2 rings (SSSR count). The van der Waals surface area contributed by atoms with Gasteiger partial charge in [0.2, 0.25) is 6.29 Å². The summed E-state index contributed by atoms with van der Waals surface area (Å²) in [7, 11) is 0. The second kappa shape index (κ2) is 4.93. The fourth-order valence-electron chi connectivity index (χ4n) is 2.98. The molecule has 1 N–H and O–H groups in total. The Morgan fingerprint density at radius 2 is 2.26 bits per heavy atom. The molecule has 0 bridgehead atoms. The second-order valence-corrected chi connectivity index (χ2v) is 5.76. The van der Waals surface area contributed by atoms with Crippen LogP contribution in [-0.4, -0.2) is 23.7 Å². The van der Waals surface area contributed by atoms with Crippen molar-refractivity contribution < 1.29 is 19.4 Å². The number of rotatable bonds is 3. The molecule has 1 heterocycles. The van der Waals surface area contributed by atoms with Gasteiger partial charge in [0.1, 0.15) is 6.29 Å². The van der Waals surface area contributed by atoms with Gasteiger partial charge in [0.15, 0.2) is 0 Å². The third-order valence-corrected chi connectivity index (χ3v) is 4.70. The maximum atomic E-state index is 11.4. The zero-order valence-electron chi connectivity index (χ0n) is 11.6. The number of aldehydes is 1. The number of allylic oxidation sites excluding steroid dienone is 2. The van der Waals surface area contributed by atoms with Gasteiger partial charge >= 0.3 is 5.97 Å². The second-order valence-electron chi connectivity index (χ2n) is 5.76. The molecular weight excluding hydrogens is 244 g/mol. The molecule has 3 atom stereocenters. The Bertz CT molecular complexity index is 475. The van der Waals surface area contributed by atoms with Gasteiger partial charge < -0.3 is 9.84 Å². The zero-order chi connectivity index (χ0) is 14.2. The molecule has 0 saturated carbocycles. The summed E-state index contributed by atoms with van der Waals surface area (Å²) >= 11 is 0. The first kappa shape index (κ1) is 14.0. The fraction of sp³-hybridized carbons (Fsp3) is 0.600. The Morgan fingerprint density at radius 3 is 2.79 bits per heavy atom. The molecule has 0 aromatic heterocycles. The summed E-state index contributed by atoms with van der Waals surface area (Å²) in [5.41, 5.74) is 1.50. The predicted octanol–water partition coefficient (Wildman–Crippen LogP) is 2.13. The van der Waals surface area contributed by atoms with Crippen molar-refractivity contribution in [2.24, 2.45) is 11.3 Å². The predicted molar refractivity (Wildman–Crippen MR) is 70.1 cm³/mol. The van der Waals surface area contributed by atoms with Crippen LogP contribution in [0.1, 0.15) is 40.0 Å². The van der Waals surface area contributed by atoms with E-state index >= 15 is 0 Å². The van der Waals surface area contributed by atoms with Crippen LogP contribution in [0.2, 0.25) is 0 Å². The third kappa shape index (κ3) is 2.25. The zero-order valence-corrected chi connectivity index (χ0v) is 11.6. The summed E-state index contributed by atoms with van der Waals surface area (Å²) in [6, 6.07) is 0. The molecule has 0 spiro atoms. The van der Waals surface area contributed by atoms with E-state index in [1.165, 1.54) is 0 Å². The molecule has 0 aromatic rings. The Kier molecular flexibility index (Phi) is 3.63. The highest BCUT2D eigenvalue weighted by Crippen LogP contribution is 2.47. The molecule has 4 nitrogen and oxygen atoms in total. The van der Waals surface area contributed by atoms with Crippen LogP contribution >= 0.6 is 0 Å². The van der Waals surface area contributed by atoms with E-state index in [4.69, 9.17) is 4.74 Å². The van der Waals surface area contributed by atoms with Crippen LogP contribution in [0.3, 0.4) is 0 Å². The van der Waals surface area contributed by atoms with E-state index in [0.717, 1.165) is 24.7 Å². The quantitative estimate of drug-likeness (QED) is 0.626. The van der Waals surface area contributed by atoms with E-state index in [9.17, 15) is 14.7 Å². The van der Waals surface area contributed by atoms with Crippen LogP contribution < -0.4 is 0 Å². The Balaban J connectivity index is 2.35. The van der Waals surface area contributed by atoms with Gasteiger partial charge in [0.05, 0.1) is 0 Å². The molecule has 3 unspecified atom stereocenters. The minimum atomic E-state index is -1.16. The largest absolute Gasteiger partial charge is 0.428 e. The molecule has 4 heteroatoms. The average molecular weight is 264 g/mol. The van der Waals surface area contributed by atoms with Crippen molar-refractivity contribution in [2.75, 3.05) is 0 Å². The average Bonchev–Trinajstić information content (AvgIpc) is 2.60. The molecule has 104 valence electrons. The standard InChI is InChI=1S/C15H20O4/c1-9-5-4-6-11(8-16)15(9,3)7-12-10(2)13(17)19-14(12)18/h6,8-9,14,18H,4-5,7H2,1-3H3. The first-order valence-corrected chi connectivity index (χ1v) is 6.64. The minimum absolute atomic E-state index is 0.320. The number of aliphatic hydroxyl groups excluding tert-OH is 1. The topological polar surface area (TPSA) is 63.6 Å². The van der Waals surface area contributed by atoms with Crippen LogP contribution in [0.5, 0.6) is 0 Å². The molecule has 1 aliphatic heterocycles. The van der Waals surface area contributed by atoms with Crippen LogP contribution in [-0.2, 0) is 14.3 Å². The van der Waals surface area contributed by atoms with Crippen LogP contribution in [0.25, 0.3) is 0 Å². The molecule has 0 fully saturated rings. The lowest BCUT2D eigenvalue weighted by Crippen LogP contribution is -2.33. The first-order valence-electron chi connectivity index (χ1n) is 6.64. The number of esters is 1. The SMILES string of the molecule is CC1=C(CC2(C)C(C=O)=CCCC2C)C(O)OC1=O. The normalized spacial score (nSPS) is 35.2. The number of carbonyl (C=O) groups is 2. The van der Waals surface area contributed by atoms with E-state index in [1.807, 2.05) is 13.0 Å². The Morgan fingerprint density at radius 1 is 1.58 bits per heavy atom. The van der Waals surface area contributed by atoms with Gasteiger partial charge in [-0.1, -0.05) is 19.9 Å². The highest BCUT2D eigenvalue weighted by molar-refractivity contribution is 5.91. The third-order valence-electron chi connectivity index (χ3n) is 4.70. The van der Waals surface area contributed by atoms with Gasteiger partial charge in [-0.3, -0.25) is 4.79 Å². The number of aliphatic hydroxyl groups is 1. The number of carbonyl (C=O) groups excluding carboxylic acids is 2. The molecule has 19 heavy (non-hydrogen) atoms. The van der Waals surface area contributed by atoms with Gasteiger partial charge in [-0.05, 0) is 37.7 Å². The van der Waals surface area contributed by atoms with E-state index < -0.39 is 12.3 Å². The summed E-state index contributed by atoms with van der Waals surface area (Å²) in [4.78, 5) is 22.7. The number of hydrogen-bond donors (Lipinski definition) is 1. The van der Waals surface area contributed by atoms with E-state index in [2.05, 4.69) is 6.92 Å². The van der Waals surface area contributed by atoms with Crippen LogP contribution in [0, 0.1) is 11.3 Å². The van der Waals surface area contributed by atoms with Crippen molar-refractivity contribution in [2.45, 2.75) is 46.3 Å². The smallest absolute Gasteiger partial charge is 0.336 e. The van der Waals surface area contributed by atoms with Gasteiger partial charge in [-0.25, -0.2) is 4.79 Å². The van der Waals surface area contributed by atoms with Crippen molar-refractivity contribution in [1.29, 1.82) is 0 Å². The van der Waals surface area contributed by atoms with Gasteiger partial charge in [0, 0.05) is 16.6 Å². The number of ether oxygens (including phenoxy) is 1. The van der Waals surface area contributed by atoms with Crippen molar-refractivity contribution in [3.05, 3.63) is 22.8 Å². The molecule has 0 amide bonds. The van der Waals surface area contributed by atoms with Crippen molar-refractivity contribution in [1.82, 2.24) is 0 Å². The number of hydrogen-bond acceptors (Lipinski definition) is 4. The van der Waals surface area contributed by atoms with E-state index in [0.29, 0.717) is 23.5 Å². The molecule has 0 aromatic carbocycles. The Hall–Kier alpha value is -1.42. The summed E-state index contributed by atoms with van der Waals surface area (Å²) in [6.45, 7) is 5.79. The first-order chi connectivity index (χ1) is 8.90. The van der Waals surface area contributed by atoms with E-state index in [-0.39, 0.29) is 5.41 Å². The summed E-state index contributed by atoms with van der Waals surface area (Å²) in [6.07, 6.45) is 4.10.